The summed E-state index contributed by atoms with van der Waals surface area (Å²) < 4.78 is 32.3. The molecule has 0 aliphatic carbocycles. The first-order valence-electron chi connectivity index (χ1n) is 7.02. The fourth-order valence-corrected chi connectivity index (χ4v) is 5.07. The average Bonchev–Trinajstić information content (AvgIpc) is 2.54. The predicted octanol–water partition coefficient (Wildman–Crippen LogP) is 1.30. The Balaban J connectivity index is 2.30. The maximum atomic E-state index is 12.8. The zero-order valence-electron chi connectivity index (χ0n) is 12.5. The number of sulfonamides is 1. The summed E-state index contributed by atoms with van der Waals surface area (Å²) in [5, 5.41) is 18.6. The van der Waals surface area contributed by atoms with Crippen molar-refractivity contribution in [3.05, 3.63) is 22.7 Å². The molecule has 1 aliphatic heterocycles. The Hall–Kier alpha value is -1.16. The number of ether oxygens (including phenoxy) is 1. The Bertz CT molecular complexity index is 693. The van der Waals surface area contributed by atoms with E-state index in [4.69, 9.17) is 9.84 Å². The summed E-state index contributed by atoms with van der Waals surface area (Å²) in [5.74, 6) is -1.55. The van der Waals surface area contributed by atoms with E-state index < -0.39 is 28.0 Å². The fourth-order valence-electron chi connectivity index (χ4n) is 2.60. The van der Waals surface area contributed by atoms with Crippen molar-refractivity contribution < 1.29 is 28.2 Å². The molecule has 1 aliphatic rings. The van der Waals surface area contributed by atoms with Gasteiger partial charge < -0.3 is 14.9 Å². The van der Waals surface area contributed by atoms with Gasteiger partial charge in [-0.25, -0.2) is 13.2 Å². The molecule has 1 fully saturated rings. The summed E-state index contributed by atoms with van der Waals surface area (Å²) in [5.41, 5.74) is 0. The fraction of sp³-hybridized carbons (Fsp3) is 0.500. The summed E-state index contributed by atoms with van der Waals surface area (Å²) in [7, 11) is -2.37. The molecule has 0 radical (unpaired) electrons. The third-order valence-electron chi connectivity index (χ3n) is 3.88. The number of aliphatic carboxylic acids is 1. The largest absolute Gasteiger partial charge is 0.497 e. The Kier molecular flexibility index (Phi) is 5.66. The summed E-state index contributed by atoms with van der Waals surface area (Å²) in [4.78, 5) is 11.0. The van der Waals surface area contributed by atoms with Crippen LogP contribution in [0.4, 0.5) is 0 Å². The van der Waals surface area contributed by atoms with Crippen LogP contribution in [0, 0.1) is 5.92 Å². The number of halogens is 1. The molecule has 0 aromatic heterocycles. The molecule has 1 heterocycles. The lowest BCUT2D eigenvalue weighted by Crippen LogP contribution is -2.45. The monoisotopic (exact) mass is 407 g/mol. The number of aliphatic hydroxyl groups is 1. The van der Waals surface area contributed by atoms with Crippen LogP contribution in [0.2, 0.25) is 0 Å². The number of carbonyl (C=O) groups is 1. The van der Waals surface area contributed by atoms with Crippen LogP contribution in [0.3, 0.4) is 0 Å². The molecule has 1 saturated heterocycles. The van der Waals surface area contributed by atoms with Gasteiger partial charge in [0, 0.05) is 29.5 Å². The second-order valence-corrected chi connectivity index (χ2v) is 8.11. The molecule has 0 unspecified atom stereocenters. The van der Waals surface area contributed by atoms with Gasteiger partial charge in [-0.3, -0.25) is 0 Å². The number of hydrogen-bond acceptors (Lipinski definition) is 5. The van der Waals surface area contributed by atoms with Gasteiger partial charge in [0.15, 0.2) is 6.10 Å². The Morgan fingerprint density at radius 2 is 2.17 bits per heavy atom. The first-order chi connectivity index (χ1) is 10.8. The number of carboxylic acids is 1. The minimum absolute atomic E-state index is 0.0283. The van der Waals surface area contributed by atoms with Gasteiger partial charge in [-0.05, 0) is 40.9 Å². The molecule has 23 heavy (non-hydrogen) atoms. The van der Waals surface area contributed by atoms with Crippen molar-refractivity contribution in [2.24, 2.45) is 5.92 Å². The van der Waals surface area contributed by atoms with Crippen LogP contribution in [0.5, 0.6) is 5.75 Å². The van der Waals surface area contributed by atoms with E-state index in [0.29, 0.717) is 23.1 Å². The second-order valence-electron chi connectivity index (χ2n) is 5.34. The van der Waals surface area contributed by atoms with Crippen LogP contribution in [0.25, 0.3) is 0 Å². The number of benzene rings is 1. The van der Waals surface area contributed by atoms with Crippen molar-refractivity contribution >= 4 is 31.9 Å². The van der Waals surface area contributed by atoms with Crippen LogP contribution in [-0.4, -0.2) is 55.2 Å². The van der Waals surface area contributed by atoms with Gasteiger partial charge >= 0.3 is 5.97 Å². The standard InChI is InChI=1S/C14H18BrNO6S/c1-22-10-4-5-11(15)12(7-10)23(20,21)16-6-2-3-9(8-16)13(17)14(18)19/h4-5,7,9,13,17H,2-3,6,8H2,1H3,(H,18,19)/t9-,13-/m1/s1. The van der Waals surface area contributed by atoms with E-state index in [-0.39, 0.29) is 18.0 Å². The molecular formula is C14H18BrNO6S. The van der Waals surface area contributed by atoms with Crippen LogP contribution in [0.15, 0.2) is 27.6 Å². The Labute approximate surface area is 143 Å². The van der Waals surface area contributed by atoms with Crippen LogP contribution in [0.1, 0.15) is 12.8 Å². The predicted molar refractivity (Wildman–Crippen MR) is 85.8 cm³/mol. The van der Waals surface area contributed by atoms with E-state index in [9.17, 15) is 18.3 Å². The Morgan fingerprint density at radius 3 is 2.78 bits per heavy atom. The van der Waals surface area contributed by atoms with E-state index in [1.807, 2.05) is 0 Å². The quantitative estimate of drug-likeness (QED) is 0.762. The second kappa shape index (κ2) is 7.16. The minimum atomic E-state index is -3.82. The van der Waals surface area contributed by atoms with Gasteiger partial charge in [-0.15, -0.1) is 0 Å². The maximum absolute atomic E-state index is 12.8. The lowest BCUT2D eigenvalue weighted by Gasteiger charge is -2.33. The summed E-state index contributed by atoms with van der Waals surface area (Å²) in [6, 6.07) is 4.63. The van der Waals surface area contributed by atoms with E-state index in [2.05, 4.69) is 15.9 Å². The zero-order valence-corrected chi connectivity index (χ0v) is 14.9. The lowest BCUT2D eigenvalue weighted by atomic mass is 9.94. The van der Waals surface area contributed by atoms with Crippen LogP contribution >= 0.6 is 15.9 Å². The molecule has 7 nitrogen and oxygen atoms in total. The minimum Gasteiger partial charge on any atom is -0.497 e. The number of nitrogens with zero attached hydrogens (tertiary/aromatic N) is 1. The number of carboxylic acid groups (broad SMARTS) is 1. The summed E-state index contributed by atoms with van der Waals surface area (Å²) >= 11 is 3.22. The molecule has 1 aromatic rings. The van der Waals surface area contributed by atoms with Crippen molar-refractivity contribution in [1.29, 1.82) is 0 Å². The van der Waals surface area contributed by atoms with Gasteiger partial charge in [0.05, 0.1) is 7.11 Å². The first-order valence-corrected chi connectivity index (χ1v) is 9.25. The third kappa shape index (κ3) is 3.85. The number of aliphatic hydroxyl groups excluding tert-OH is 1. The number of methoxy groups -OCH3 is 1. The van der Waals surface area contributed by atoms with Crippen molar-refractivity contribution in [2.75, 3.05) is 20.2 Å². The van der Waals surface area contributed by atoms with Crippen molar-refractivity contribution in [2.45, 2.75) is 23.8 Å². The van der Waals surface area contributed by atoms with Gasteiger partial charge in [0.25, 0.3) is 0 Å². The van der Waals surface area contributed by atoms with Gasteiger partial charge in [-0.2, -0.15) is 4.31 Å². The molecule has 2 N–H and O–H groups in total. The molecule has 0 spiro atoms. The molecule has 0 amide bonds. The van der Waals surface area contributed by atoms with Crippen molar-refractivity contribution in [3.63, 3.8) is 0 Å². The topological polar surface area (TPSA) is 104 Å². The molecule has 2 atom stereocenters. The zero-order chi connectivity index (χ0) is 17.2. The lowest BCUT2D eigenvalue weighted by molar-refractivity contribution is -0.150. The normalized spacial score (nSPS) is 20.9. The summed E-state index contributed by atoms with van der Waals surface area (Å²) in [6.07, 6.45) is -0.601. The van der Waals surface area contributed by atoms with Crippen LogP contribution in [-0.2, 0) is 14.8 Å². The number of hydrogen-bond donors (Lipinski definition) is 2. The van der Waals surface area contributed by atoms with E-state index >= 15 is 0 Å². The Morgan fingerprint density at radius 1 is 1.48 bits per heavy atom. The van der Waals surface area contributed by atoms with E-state index in [1.54, 1.807) is 12.1 Å². The highest BCUT2D eigenvalue weighted by molar-refractivity contribution is 9.10. The molecule has 2 rings (SSSR count). The molecule has 0 bridgehead atoms. The SMILES string of the molecule is COc1ccc(Br)c(S(=O)(=O)N2CCC[C@@H]([C@@H](O)C(=O)O)C2)c1. The molecule has 9 heteroatoms. The van der Waals surface area contributed by atoms with E-state index in [1.165, 1.54) is 17.5 Å². The maximum Gasteiger partial charge on any atom is 0.332 e. The van der Waals surface area contributed by atoms with Gasteiger partial charge in [-0.1, -0.05) is 0 Å². The van der Waals surface area contributed by atoms with E-state index in [0.717, 1.165) is 0 Å². The first kappa shape index (κ1) is 18.2. The van der Waals surface area contributed by atoms with Gasteiger partial charge in [0.2, 0.25) is 10.0 Å². The number of rotatable bonds is 5. The average molecular weight is 408 g/mol. The third-order valence-corrected chi connectivity index (χ3v) is 6.74. The molecule has 128 valence electrons. The summed E-state index contributed by atoms with van der Waals surface area (Å²) in [6.45, 7) is 0.258. The molecule has 1 aromatic carbocycles. The van der Waals surface area contributed by atoms with Crippen molar-refractivity contribution in [3.8, 4) is 5.75 Å². The highest BCUT2D eigenvalue weighted by Crippen LogP contribution is 2.32. The smallest absolute Gasteiger partial charge is 0.332 e. The van der Waals surface area contributed by atoms with Crippen molar-refractivity contribution in [1.82, 2.24) is 4.31 Å². The van der Waals surface area contributed by atoms with Gasteiger partial charge in [0.1, 0.15) is 10.6 Å². The molecule has 0 saturated carbocycles. The number of piperidine rings is 1. The van der Waals surface area contributed by atoms with Crippen LogP contribution < -0.4 is 4.74 Å². The highest BCUT2D eigenvalue weighted by Gasteiger charge is 2.36. The highest BCUT2D eigenvalue weighted by atomic mass is 79.9. The molecular weight excluding hydrogens is 390 g/mol.